The summed E-state index contributed by atoms with van der Waals surface area (Å²) in [7, 11) is 1.48. The van der Waals surface area contributed by atoms with Gasteiger partial charge < -0.3 is 9.84 Å². The Labute approximate surface area is 109 Å². The monoisotopic (exact) mass is 264 g/mol. The number of ether oxygens (including phenoxy) is 1. The molecule has 0 bridgehead atoms. The quantitative estimate of drug-likeness (QED) is 0.887. The van der Waals surface area contributed by atoms with Crippen molar-refractivity contribution in [3.05, 3.63) is 35.3 Å². The number of hydrogen-bond acceptors (Lipinski definition) is 3. The van der Waals surface area contributed by atoms with Crippen LogP contribution in [-0.2, 0) is 11.2 Å². The number of halogens is 1. The van der Waals surface area contributed by atoms with Gasteiger partial charge in [0.05, 0.1) is 19.2 Å². The van der Waals surface area contributed by atoms with Crippen LogP contribution in [0, 0.1) is 12.7 Å². The second kappa shape index (κ2) is 5.09. The van der Waals surface area contributed by atoms with E-state index in [0.29, 0.717) is 28.3 Å². The van der Waals surface area contributed by atoms with Crippen molar-refractivity contribution in [3.63, 3.8) is 0 Å². The van der Waals surface area contributed by atoms with E-state index in [1.54, 1.807) is 6.92 Å². The highest BCUT2D eigenvalue weighted by molar-refractivity contribution is 5.74. The third-order valence-corrected chi connectivity index (χ3v) is 2.86. The maximum absolute atomic E-state index is 13.3. The Kier molecular flexibility index (Phi) is 3.50. The van der Waals surface area contributed by atoms with Crippen LogP contribution in [0.5, 0.6) is 5.75 Å². The second-order valence-electron chi connectivity index (χ2n) is 4.09. The lowest BCUT2D eigenvalue weighted by atomic mass is 10.0. The molecule has 0 amide bonds. The molecule has 1 aromatic carbocycles. The van der Waals surface area contributed by atoms with Crippen LogP contribution in [-0.4, -0.2) is 28.4 Å². The van der Waals surface area contributed by atoms with Crippen LogP contribution in [0.25, 0.3) is 11.3 Å². The molecule has 2 rings (SSSR count). The summed E-state index contributed by atoms with van der Waals surface area (Å²) < 4.78 is 18.5. The molecular formula is C13H13FN2O3. The van der Waals surface area contributed by atoms with Gasteiger partial charge in [-0.25, -0.2) is 4.39 Å². The zero-order valence-corrected chi connectivity index (χ0v) is 10.5. The molecule has 0 atom stereocenters. The summed E-state index contributed by atoms with van der Waals surface area (Å²) in [4.78, 5) is 10.7. The minimum absolute atomic E-state index is 0.156. The fourth-order valence-electron chi connectivity index (χ4n) is 1.88. The van der Waals surface area contributed by atoms with E-state index in [2.05, 4.69) is 10.2 Å². The lowest BCUT2D eigenvalue weighted by Gasteiger charge is -2.07. The number of hydrogen-bond donors (Lipinski definition) is 2. The van der Waals surface area contributed by atoms with E-state index >= 15 is 0 Å². The van der Waals surface area contributed by atoms with Gasteiger partial charge in [-0.15, -0.1) is 0 Å². The molecule has 5 nitrogen and oxygen atoms in total. The van der Waals surface area contributed by atoms with E-state index in [9.17, 15) is 9.18 Å². The van der Waals surface area contributed by atoms with Gasteiger partial charge in [0.15, 0.2) is 0 Å². The highest BCUT2D eigenvalue weighted by Gasteiger charge is 2.17. The van der Waals surface area contributed by atoms with Crippen molar-refractivity contribution in [2.24, 2.45) is 0 Å². The number of methoxy groups -OCH3 is 1. The number of nitrogens with zero attached hydrogens (tertiary/aromatic N) is 1. The first-order valence-corrected chi connectivity index (χ1v) is 5.62. The summed E-state index contributed by atoms with van der Waals surface area (Å²) in [6.07, 6.45) is -0.156. The summed E-state index contributed by atoms with van der Waals surface area (Å²) >= 11 is 0. The van der Waals surface area contributed by atoms with Crippen LogP contribution in [0.2, 0.25) is 0 Å². The Hall–Kier alpha value is -2.37. The molecule has 0 saturated carbocycles. The van der Waals surface area contributed by atoms with Crippen LogP contribution >= 0.6 is 0 Å². The molecule has 6 heteroatoms. The summed E-state index contributed by atoms with van der Waals surface area (Å²) in [6.45, 7) is 1.74. The predicted octanol–water partition coefficient (Wildman–Crippen LogP) is 2.16. The lowest BCUT2D eigenvalue weighted by Crippen LogP contribution is -2.01. The van der Waals surface area contributed by atoms with Gasteiger partial charge in [0.2, 0.25) is 0 Å². The number of aromatic nitrogens is 2. The van der Waals surface area contributed by atoms with Crippen molar-refractivity contribution < 1.29 is 19.0 Å². The Morgan fingerprint density at radius 3 is 2.89 bits per heavy atom. The normalized spacial score (nSPS) is 10.5. The first-order chi connectivity index (χ1) is 9.02. The summed E-state index contributed by atoms with van der Waals surface area (Å²) in [6, 6.07) is 4.12. The van der Waals surface area contributed by atoms with Gasteiger partial charge in [-0.2, -0.15) is 5.10 Å². The third-order valence-electron chi connectivity index (χ3n) is 2.86. The molecule has 0 spiro atoms. The molecule has 2 aromatic rings. The molecule has 1 aromatic heterocycles. The number of carboxylic acid groups (broad SMARTS) is 1. The maximum Gasteiger partial charge on any atom is 0.309 e. The van der Waals surface area contributed by atoms with Crippen molar-refractivity contribution in [3.8, 4) is 17.0 Å². The Bertz CT molecular complexity index is 622. The summed E-state index contributed by atoms with van der Waals surface area (Å²) in [5.74, 6) is -0.875. The largest absolute Gasteiger partial charge is 0.496 e. The lowest BCUT2D eigenvalue weighted by molar-refractivity contribution is -0.136. The Balaban J connectivity index is 2.50. The molecule has 2 N–H and O–H groups in total. The smallest absolute Gasteiger partial charge is 0.309 e. The van der Waals surface area contributed by atoms with E-state index in [0.717, 1.165) is 0 Å². The Morgan fingerprint density at radius 1 is 1.53 bits per heavy atom. The topological polar surface area (TPSA) is 75.2 Å². The number of carbonyl (C=O) groups is 1. The highest BCUT2D eigenvalue weighted by atomic mass is 19.1. The van der Waals surface area contributed by atoms with Gasteiger partial charge in [-0.1, -0.05) is 0 Å². The molecule has 0 unspecified atom stereocenters. The molecule has 0 saturated heterocycles. The van der Waals surface area contributed by atoms with E-state index in [1.807, 2.05) is 0 Å². The molecule has 0 fully saturated rings. The number of H-pyrrole nitrogens is 1. The van der Waals surface area contributed by atoms with E-state index in [1.165, 1.54) is 25.3 Å². The van der Waals surface area contributed by atoms with Gasteiger partial charge in [0.1, 0.15) is 11.6 Å². The number of aliphatic carboxylic acids is 1. The minimum atomic E-state index is -0.954. The predicted molar refractivity (Wildman–Crippen MR) is 66.6 cm³/mol. The third kappa shape index (κ3) is 2.57. The molecule has 0 aliphatic heterocycles. The van der Waals surface area contributed by atoms with Crippen molar-refractivity contribution in [1.82, 2.24) is 10.2 Å². The fourth-order valence-corrected chi connectivity index (χ4v) is 1.88. The van der Waals surface area contributed by atoms with Crippen LogP contribution < -0.4 is 4.74 Å². The van der Waals surface area contributed by atoms with E-state index in [4.69, 9.17) is 9.84 Å². The standard InChI is InChI=1S/C13H13FN2O3/c1-7-10(6-12(17)18)15-16-13(7)9-5-8(14)3-4-11(9)19-2/h3-5H,6H2,1-2H3,(H,15,16)(H,17,18). The SMILES string of the molecule is COc1ccc(F)cc1-c1n[nH]c(CC(=O)O)c1C. The average molecular weight is 264 g/mol. The zero-order chi connectivity index (χ0) is 14.0. The molecule has 1 heterocycles. The van der Waals surface area contributed by atoms with Gasteiger partial charge in [-0.05, 0) is 30.7 Å². The maximum atomic E-state index is 13.3. The average Bonchev–Trinajstić information content (AvgIpc) is 2.70. The van der Waals surface area contributed by atoms with Gasteiger partial charge in [-0.3, -0.25) is 9.89 Å². The van der Waals surface area contributed by atoms with Gasteiger partial charge in [0.25, 0.3) is 0 Å². The fraction of sp³-hybridized carbons (Fsp3) is 0.231. The Morgan fingerprint density at radius 2 is 2.26 bits per heavy atom. The van der Waals surface area contributed by atoms with Crippen LogP contribution in [0.4, 0.5) is 4.39 Å². The highest BCUT2D eigenvalue weighted by Crippen LogP contribution is 2.32. The van der Waals surface area contributed by atoms with Gasteiger partial charge in [0, 0.05) is 11.3 Å². The molecule has 19 heavy (non-hydrogen) atoms. The number of nitrogens with one attached hydrogen (secondary N) is 1. The molecule has 0 aliphatic rings. The van der Waals surface area contributed by atoms with Crippen molar-refractivity contribution >= 4 is 5.97 Å². The van der Waals surface area contributed by atoms with Crippen LogP contribution in [0.15, 0.2) is 18.2 Å². The van der Waals surface area contributed by atoms with E-state index in [-0.39, 0.29) is 6.42 Å². The first kappa shape index (κ1) is 13.1. The van der Waals surface area contributed by atoms with Crippen molar-refractivity contribution in [2.45, 2.75) is 13.3 Å². The number of aromatic amines is 1. The van der Waals surface area contributed by atoms with Crippen LogP contribution in [0.1, 0.15) is 11.3 Å². The second-order valence-corrected chi connectivity index (χ2v) is 4.09. The van der Waals surface area contributed by atoms with Crippen LogP contribution in [0.3, 0.4) is 0 Å². The molecule has 0 aliphatic carbocycles. The van der Waals surface area contributed by atoms with E-state index < -0.39 is 11.8 Å². The van der Waals surface area contributed by atoms with Gasteiger partial charge >= 0.3 is 5.97 Å². The van der Waals surface area contributed by atoms with Crippen molar-refractivity contribution in [1.29, 1.82) is 0 Å². The molecule has 100 valence electrons. The molecule has 0 radical (unpaired) electrons. The van der Waals surface area contributed by atoms with Crippen molar-refractivity contribution in [2.75, 3.05) is 7.11 Å². The summed E-state index contributed by atoms with van der Waals surface area (Å²) in [5, 5.41) is 15.5. The number of benzene rings is 1. The number of rotatable bonds is 4. The minimum Gasteiger partial charge on any atom is -0.496 e. The summed E-state index contributed by atoms with van der Waals surface area (Å²) in [5.41, 5.74) is 2.15. The number of carboxylic acids is 1. The molecular weight excluding hydrogens is 251 g/mol. The first-order valence-electron chi connectivity index (χ1n) is 5.62. The zero-order valence-electron chi connectivity index (χ0n) is 10.5.